The molecule has 0 saturated carbocycles. The molecule has 162 valence electrons. The van der Waals surface area contributed by atoms with Crippen molar-refractivity contribution in [2.24, 2.45) is 0 Å². The van der Waals surface area contributed by atoms with Gasteiger partial charge in [0.2, 0.25) is 11.8 Å². The second-order valence-corrected chi connectivity index (χ2v) is 7.94. The molecule has 1 amide bonds. The van der Waals surface area contributed by atoms with Gasteiger partial charge in [0.25, 0.3) is 0 Å². The highest BCUT2D eigenvalue weighted by Crippen LogP contribution is 2.23. The lowest BCUT2D eigenvalue weighted by molar-refractivity contribution is -0.121. The maximum Gasteiger partial charge on any atom is 0.318 e. The largest absolute Gasteiger partial charge is 0.406 e. The topological polar surface area (TPSA) is 71.3 Å². The Kier molecular flexibility index (Phi) is 6.92. The summed E-state index contributed by atoms with van der Waals surface area (Å²) in [6.45, 7) is 1.81. The quantitative estimate of drug-likeness (QED) is 0.617. The molecule has 0 aliphatic carbocycles. The molecule has 3 aromatic rings. The molecule has 6 nitrogen and oxygen atoms in total. The third-order valence-corrected chi connectivity index (χ3v) is 5.50. The normalized spacial score (nSPS) is 15.3. The fourth-order valence-corrected chi connectivity index (χ4v) is 3.84. The first kappa shape index (κ1) is 21.0. The van der Waals surface area contributed by atoms with Crippen LogP contribution in [-0.2, 0) is 17.6 Å². The number of nitrogens with one attached hydrogen (secondary N) is 1. The molecule has 1 aliphatic heterocycles. The maximum absolute atomic E-state index is 13.1. The summed E-state index contributed by atoms with van der Waals surface area (Å²) in [5.41, 5.74) is 1.80. The lowest BCUT2D eigenvalue weighted by Crippen LogP contribution is -2.31. The summed E-state index contributed by atoms with van der Waals surface area (Å²) in [5.74, 6) is -0.101. The third kappa shape index (κ3) is 5.90. The lowest BCUT2D eigenvalue weighted by Gasteiger charge is -2.18. The monoisotopic (exact) mass is 422 g/mol. The zero-order chi connectivity index (χ0) is 21.5. The van der Waals surface area contributed by atoms with E-state index in [9.17, 15) is 9.18 Å². The minimum absolute atomic E-state index is 0.151. The van der Waals surface area contributed by atoms with Crippen LogP contribution in [0.2, 0.25) is 0 Å². The van der Waals surface area contributed by atoms with E-state index in [4.69, 9.17) is 4.42 Å². The fourth-order valence-electron chi connectivity index (χ4n) is 3.84. The van der Waals surface area contributed by atoms with E-state index in [0.29, 0.717) is 18.3 Å². The lowest BCUT2D eigenvalue weighted by atomic mass is 10.1. The van der Waals surface area contributed by atoms with Crippen molar-refractivity contribution in [2.45, 2.75) is 44.6 Å². The second-order valence-electron chi connectivity index (χ2n) is 7.94. The molecule has 1 aliphatic rings. The zero-order valence-electron chi connectivity index (χ0n) is 17.5. The number of benzene rings is 2. The number of rotatable bonds is 7. The Morgan fingerprint density at radius 2 is 1.68 bits per heavy atom. The van der Waals surface area contributed by atoms with Gasteiger partial charge < -0.3 is 14.6 Å². The highest BCUT2D eigenvalue weighted by Gasteiger charge is 2.24. The van der Waals surface area contributed by atoms with Crippen LogP contribution < -0.4 is 10.2 Å². The van der Waals surface area contributed by atoms with Crippen molar-refractivity contribution in [3.05, 3.63) is 77.4 Å². The summed E-state index contributed by atoms with van der Waals surface area (Å²) in [4.78, 5) is 14.8. The highest BCUT2D eigenvalue weighted by molar-refractivity contribution is 5.78. The van der Waals surface area contributed by atoms with E-state index < -0.39 is 6.04 Å². The number of amides is 1. The van der Waals surface area contributed by atoms with Gasteiger partial charge in [-0.3, -0.25) is 4.79 Å². The van der Waals surface area contributed by atoms with E-state index >= 15 is 0 Å². The van der Waals surface area contributed by atoms with E-state index in [0.717, 1.165) is 37.1 Å². The molecule has 2 aromatic carbocycles. The van der Waals surface area contributed by atoms with Crippen molar-refractivity contribution in [3.8, 4) is 0 Å². The van der Waals surface area contributed by atoms with Crippen molar-refractivity contribution in [1.29, 1.82) is 0 Å². The van der Waals surface area contributed by atoms with Crippen LogP contribution in [0.3, 0.4) is 0 Å². The van der Waals surface area contributed by atoms with Crippen molar-refractivity contribution < 1.29 is 13.6 Å². The summed E-state index contributed by atoms with van der Waals surface area (Å²) in [6, 6.07) is 15.9. The van der Waals surface area contributed by atoms with Crippen LogP contribution in [0, 0.1) is 5.82 Å². The number of carbonyl (C=O) groups is 1. The van der Waals surface area contributed by atoms with E-state index in [1.54, 1.807) is 12.1 Å². The van der Waals surface area contributed by atoms with E-state index in [1.807, 2.05) is 30.3 Å². The first-order chi connectivity index (χ1) is 15.2. The average molecular weight is 423 g/mol. The number of nitrogens with zero attached hydrogens (tertiary/aromatic N) is 3. The Bertz CT molecular complexity index is 967. The van der Waals surface area contributed by atoms with Crippen LogP contribution in [0.15, 0.2) is 59.0 Å². The average Bonchev–Trinajstić information content (AvgIpc) is 3.11. The Morgan fingerprint density at radius 3 is 2.39 bits per heavy atom. The molecule has 1 atom stereocenters. The van der Waals surface area contributed by atoms with Crippen molar-refractivity contribution in [3.63, 3.8) is 0 Å². The number of hydrogen-bond acceptors (Lipinski definition) is 5. The number of hydrogen-bond donors (Lipinski definition) is 1. The molecule has 2 heterocycles. The van der Waals surface area contributed by atoms with Gasteiger partial charge in [0.05, 0.1) is 6.42 Å². The molecule has 0 bridgehead atoms. The summed E-state index contributed by atoms with van der Waals surface area (Å²) >= 11 is 0. The predicted octanol–water partition coefficient (Wildman–Crippen LogP) is 4.23. The molecule has 7 heteroatoms. The van der Waals surface area contributed by atoms with Crippen LogP contribution in [0.4, 0.5) is 10.4 Å². The van der Waals surface area contributed by atoms with Crippen molar-refractivity contribution in [2.75, 3.05) is 18.0 Å². The van der Waals surface area contributed by atoms with Crippen LogP contribution in [0.5, 0.6) is 0 Å². The van der Waals surface area contributed by atoms with E-state index in [2.05, 4.69) is 20.4 Å². The molecule has 31 heavy (non-hydrogen) atoms. The molecule has 1 saturated heterocycles. The van der Waals surface area contributed by atoms with E-state index in [-0.39, 0.29) is 18.1 Å². The van der Waals surface area contributed by atoms with Crippen LogP contribution >= 0.6 is 0 Å². The van der Waals surface area contributed by atoms with Gasteiger partial charge in [-0.1, -0.05) is 60.4 Å². The number of aromatic nitrogens is 2. The minimum Gasteiger partial charge on any atom is -0.406 e. The van der Waals surface area contributed by atoms with Gasteiger partial charge in [-0.25, -0.2) is 4.39 Å². The Morgan fingerprint density at radius 1 is 0.968 bits per heavy atom. The molecule has 0 radical (unpaired) electrons. The predicted molar refractivity (Wildman–Crippen MR) is 116 cm³/mol. The number of anilines is 1. The molecule has 1 fully saturated rings. The van der Waals surface area contributed by atoms with Gasteiger partial charge in [0, 0.05) is 19.5 Å². The van der Waals surface area contributed by atoms with Crippen LogP contribution in [0.1, 0.15) is 48.7 Å². The van der Waals surface area contributed by atoms with Crippen molar-refractivity contribution in [1.82, 2.24) is 15.5 Å². The molecular formula is C24H27FN4O2. The summed E-state index contributed by atoms with van der Waals surface area (Å²) in [7, 11) is 0. The molecular weight excluding hydrogens is 395 g/mol. The Hall–Kier alpha value is -3.22. The Balaban J connectivity index is 1.50. The van der Waals surface area contributed by atoms with Gasteiger partial charge in [0.1, 0.15) is 11.9 Å². The molecule has 0 spiro atoms. The second kappa shape index (κ2) is 10.2. The van der Waals surface area contributed by atoms with E-state index in [1.165, 1.54) is 25.0 Å². The standard InChI is InChI=1S/C24H27FN4O2/c25-20-12-10-19(11-13-20)17-22(30)26-21(16-18-8-4-3-5-9-18)23-27-28-24(31-23)29-14-6-1-2-7-15-29/h3-5,8-13,21H,1-2,6-7,14-17H2,(H,26,30). The summed E-state index contributed by atoms with van der Waals surface area (Å²) in [6.07, 6.45) is 5.34. The maximum atomic E-state index is 13.1. The zero-order valence-corrected chi connectivity index (χ0v) is 17.5. The Labute approximate surface area is 181 Å². The molecule has 1 unspecified atom stereocenters. The van der Waals surface area contributed by atoms with Gasteiger partial charge >= 0.3 is 6.01 Å². The van der Waals surface area contributed by atoms with Crippen molar-refractivity contribution >= 4 is 11.9 Å². The third-order valence-electron chi connectivity index (χ3n) is 5.50. The van der Waals surface area contributed by atoms with Gasteiger partial charge in [-0.15, -0.1) is 5.10 Å². The minimum atomic E-state index is -0.441. The first-order valence-electron chi connectivity index (χ1n) is 10.8. The number of carbonyl (C=O) groups excluding carboxylic acids is 1. The van der Waals surface area contributed by atoms with Gasteiger partial charge in [0.15, 0.2) is 0 Å². The number of halogens is 1. The van der Waals surface area contributed by atoms with Crippen LogP contribution in [0.25, 0.3) is 0 Å². The fraction of sp³-hybridized carbons (Fsp3) is 0.375. The SMILES string of the molecule is O=C(Cc1ccc(F)cc1)NC(Cc1ccccc1)c1nnc(N2CCCCCC2)o1. The molecule has 1 aromatic heterocycles. The van der Waals surface area contributed by atoms with Crippen LogP contribution in [-0.4, -0.2) is 29.2 Å². The smallest absolute Gasteiger partial charge is 0.318 e. The summed E-state index contributed by atoms with van der Waals surface area (Å²) < 4.78 is 19.2. The molecule has 4 rings (SSSR count). The molecule has 1 N–H and O–H groups in total. The van der Waals surface area contributed by atoms with Gasteiger partial charge in [-0.2, -0.15) is 0 Å². The highest BCUT2D eigenvalue weighted by atomic mass is 19.1. The van der Waals surface area contributed by atoms with Gasteiger partial charge in [-0.05, 0) is 36.1 Å². The first-order valence-corrected chi connectivity index (χ1v) is 10.8. The summed E-state index contributed by atoms with van der Waals surface area (Å²) in [5, 5.41) is 11.6.